The molecule has 1 heterocycles. The Balaban J connectivity index is 1.61. The van der Waals surface area contributed by atoms with Gasteiger partial charge in [0.15, 0.2) is 0 Å². The normalized spacial score (nSPS) is 14.4. The highest BCUT2D eigenvalue weighted by atomic mass is 35.5. The van der Waals surface area contributed by atoms with Crippen molar-refractivity contribution in [2.45, 2.75) is 0 Å². The second-order valence-corrected chi connectivity index (χ2v) is 6.52. The van der Waals surface area contributed by atoms with Gasteiger partial charge in [0.1, 0.15) is 5.75 Å². The van der Waals surface area contributed by atoms with Crippen molar-refractivity contribution in [2.24, 2.45) is 0 Å². The van der Waals surface area contributed by atoms with Gasteiger partial charge >= 0.3 is 6.03 Å². The first-order chi connectivity index (χ1) is 12.1. The molecule has 0 unspecified atom stereocenters. The van der Waals surface area contributed by atoms with Crippen LogP contribution in [-0.2, 0) is 0 Å². The molecule has 0 aliphatic carbocycles. The molecule has 3 rings (SSSR count). The van der Waals surface area contributed by atoms with Crippen LogP contribution in [0.15, 0.2) is 42.5 Å². The molecule has 5 nitrogen and oxygen atoms in total. The first-order valence-corrected chi connectivity index (χ1v) is 8.73. The summed E-state index contributed by atoms with van der Waals surface area (Å²) in [7, 11) is 1.65. The number of carbonyl (C=O) groups excluding carboxylic acids is 1. The SMILES string of the molecule is COc1cccc(N2CCN(C(=O)Nc3c(Cl)cccc3Cl)CC2)c1. The van der Waals surface area contributed by atoms with Crippen LogP contribution in [0.5, 0.6) is 5.75 Å². The Hall–Kier alpha value is -2.11. The fraction of sp³-hybridized carbons (Fsp3) is 0.278. The second-order valence-electron chi connectivity index (χ2n) is 5.70. The molecule has 0 atom stereocenters. The van der Waals surface area contributed by atoms with Gasteiger partial charge in [-0.25, -0.2) is 4.79 Å². The van der Waals surface area contributed by atoms with Gasteiger partial charge in [-0.15, -0.1) is 0 Å². The average Bonchev–Trinajstić information content (AvgIpc) is 2.65. The molecule has 2 amide bonds. The molecule has 0 bridgehead atoms. The van der Waals surface area contributed by atoms with E-state index in [-0.39, 0.29) is 6.03 Å². The van der Waals surface area contributed by atoms with Crippen LogP contribution in [0.3, 0.4) is 0 Å². The number of anilines is 2. The van der Waals surface area contributed by atoms with E-state index in [4.69, 9.17) is 27.9 Å². The summed E-state index contributed by atoms with van der Waals surface area (Å²) in [5.74, 6) is 0.825. The van der Waals surface area contributed by atoms with Crippen molar-refractivity contribution >= 4 is 40.6 Å². The number of carbonyl (C=O) groups is 1. The van der Waals surface area contributed by atoms with Crippen molar-refractivity contribution in [3.8, 4) is 5.75 Å². The van der Waals surface area contributed by atoms with E-state index in [1.807, 2.05) is 24.3 Å². The van der Waals surface area contributed by atoms with Gasteiger partial charge in [-0.3, -0.25) is 0 Å². The predicted molar refractivity (Wildman–Crippen MR) is 102 cm³/mol. The Kier molecular flexibility index (Phi) is 5.56. The maximum absolute atomic E-state index is 12.5. The van der Waals surface area contributed by atoms with Crippen molar-refractivity contribution in [3.05, 3.63) is 52.5 Å². The third-order valence-corrected chi connectivity index (χ3v) is 4.81. The standard InChI is InChI=1S/C18H19Cl2N3O2/c1-25-14-5-2-4-13(12-14)22-8-10-23(11-9-22)18(24)21-17-15(19)6-3-7-16(17)20/h2-7,12H,8-11H2,1H3,(H,21,24). The third kappa shape index (κ3) is 4.11. The van der Waals surface area contributed by atoms with Gasteiger partial charge in [-0.2, -0.15) is 0 Å². The van der Waals surface area contributed by atoms with Gasteiger partial charge < -0.3 is 19.9 Å². The van der Waals surface area contributed by atoms with E-state index < -0.39 is 0 Å². The summed E-state index contributed by atoms with van der Waals surface area (Å²) in [5, 5.41) is 3.66. The van der Waals surface area contributed by atoms with Crippen LogP contribution in [0.1, 0.15) is 0 Å². The molecule has 0 spiro atoms. The number of urea groups is 1. The average molecular weight is 380 g/mol. The minimum Gasteiger partial charge on any atom is -0.497 e. The van der Waals surface area contributed by atoms with E-state index in [0.29, 0.717) is 28.8 Å². The number of nitrogens with one attached hydrogen (secondary N) is 1. The largest absolute Gasteiger partial charge is 0.497 e. The number of amides is 2. The monoisotopic (exact) mass is 379 g/mol. The van der Waals surface area contributed by atoms with E-state index in [0.717, 1.165) is 24.5 Å². The van der Waals surface area contributed by atoms with E-state index in [9.17, 15) is 4.79 Å². The molecule has 0 radical (unpaired) electrons. The van der Waals surface area contributed by atoms with Crippen LogP contribution in [0.25, 0.3) is 0 Å². The minimum absolute atomic E-state index is 0.194. The van der Waals surface area contributed by atoms with E-state index in [1.54, 1.807) is 30.2 Å². The van der Waals surface area contributed by atoms with Crippen LogP contribution in [0.2, 0.25) is 10.0 Å². The first-order valence-electron chi connectivity index (χ1n) is 7.97. The Morgan fingerprint density at radius 1 is 1.04 bits per heavy atom. The molecule has 132 valence electrons. The molecule has 1 aliphatic rings. The number of benzene rings is 2. The number of hydrogen-bond acceptors (Lipinski definition) is 3. The van der Waals surface area contributed by atoms with Gasteiger partial charge in [0.2, 0.25) is 0 Å². The molecule has 1 N–H and O–H groups in total. The zero-order chi connectivity index (χ0) is 17.8. The first kappa shape index (κ1) is 17.7. The molecule has 0 saturated carbocycles. The topological polar surface area (TPSA) is 44.8 Å². The molecule has 25 heavy (non-hydrogen) atoms. The van der Waals surface area contributed by atoms with Gasteiger partial charge in [-0.1, -0.05) is 35.3 Å². The van der Waals surface area contributed by atoms with Gasteiger partial charge in [-0.05, 0) is 24.3 Å². The lowest BCUT2D eigenvalue weighted by Gasteiger charge is -2.36. The van der Waals surface area contributed by atoms with Crippen molar-refractivity contribution in [2.75, 3.05) is 43.5 Å². The highest BCUT2D eigenvalue weighted by Gasteiger charge is 2.22. The van der Waals surface area contributed by atoms with E-state index in [2.05, 4.69) is 10.2 Å². The molecule has 7 heteroatoms. The maximum Gasteiger partial charge on any atom is 0.322 e. The number of hydrogen-bond donors (Lipinski definition) is 1. The summed E-state index contributed by atoms with van der Waals surface area (Å²) in [4.78, 5) is 16.5. The number of ether oxygens (including phenoxy) is 1. The summed E-state index contributed by atoms with van der Waals surface area (Å²) in [6, 6.07) is 12.9. The van der Waals surface area contributed by atoms with Crippen molar-refractivity contribution in [1.82, 2.24) is 4.90 Å². The summed E-state index contributed by atoms with van der Waals surface area (Å²) in [6.07, 6.45) is 0. The Morgan fingerprint density at radius 3 is 2.32 bits per heavy atom. The van der Waals surface area contributed by atoms with E-state index >= 15 is 0 Å². The van der Waals surface area contributed by atoms with Crippen LogP contribution in [-0.4, -0.2) is 44.2 Å². The molecule has 0 aromatic heterocycles. The summed E-state index contributed by atoms with van der Waals surface area (Å²) in [6.45, 7) is 2.73. The lowest BCUT2D eigenvalue weighted by atomic mass is 10.2. The molecule has 2 aromatic carbocycles. The summed E-state index contributed by atoms with van der Waals surface area (Å²) < 4.78 is 5.27. The molecule has 1 fully saturated rings. The number of para-hydroxylation sites is 1. The summed E-state index contributed by atoms with van der Waals surface area (Å²) in [5.41, 5.74) is 1.54. The smallest absolute Gasteiger partial charge is 0.322 e. The molecular formula is C18H19Cl2N3O2. The van der Waals surface area contributed by atoms with E-state index in [1.165, 1.54) is 0 Å². The zero-order valence-corrected chi connectivity index (χ0v) is 15.3. The maximum atomic E-state index is 12.5. The molecule has 1 aliphatic heterocycles. The molecular weight excluding hydrogens is 361 g/mol. The van der Waals surface area contributed by atoms with Crippen LogP contribution in [0, 0.1) is 0 Å². The van der Waals surface area contributed by atoms with Crippen LogP contribution < -0.4 is 15.0 Å². The quantitative estimate of drug-likeness (QED) is 0.861. The highest BCUT2D eigenvalue weighted by molar-refractivity contribution is 6.39. The Labute approximate surface area is 157 Å². The number of rotatable bonds is 3. The lowest BCUT2D eigenvalue weighted by Crippen LogP contribution is -2.50. The highest BCUT2D eigenvalue weighted by Crippen LogP contribution is 2.30. The van der Waals surface area contributed by atoms with Crippen molar-refractivity contribution in [1.29, 1.82) is 0 Å². The Morgan fingerprint density at radius 2 is 1.68 bits per heavy atom. The zero-order valence-electron chi connectivity index (χ0n) is 13.8. The van der Waals surface area contributed by atoms with Crippen molar-refractivity contribution in [3.63, 3.8) is 0 Å². The van der Waals surface area contributed by atoms with Gasteiger partial charge in [0, 0.05) is 37.9 Å². The number of piperazine rings is 1. The van der Waals surface area contributed by atoms with Crippen LogP contribution in [0.4, 0.5) is 16.2 Å². The number of halogens is 2. The fourth-order valence-electron chi connectivity index (χ4n) is 2.78. The van der Waals surface area contributed by atoms with Crippen molar-refractivity contribution < 1.29 is 9.53 Å². The number of nitrogens with zero attached hydrogens (tertiary/aromatic N) is 2. The summed E-state index contributed by atoms with van der Waals surface area (Å²) >= 11 is 12.2. The predicted octanol–water partition coefficient (Wildman–Crippen LogP) is 4.36. The third-order valence-electron chi connectivity index (χ3n) is 4.18. The minimum atomic E-state index is -0.194. The van der Waals surface area contributed by atoms with Crippen LogP contribution >= 0.6 is 23.2 Å². The fourth-order valence-corrected chi connectivity index (χ4v) is 3.27. The second kappa shape index (κ2) is 7.85. The lowest BCUT2D eigenvalue weighted by molar-refractivity contribution is 0.208. The van der Waals surface area contributed by atoms with Gasteiger partial charge in [0.25, 0.3) is 0 Å². The number of methoxy groups -OCH3 is 1. The molecule has 2 aromatic rings. The molecule has 1 saturated heterocycles. The van der Waals surface area contributed by atoms with Gasteiger partial charge in [0.05, 0.1) is 22.8 Å². The Bertz CT molecular complexity index is 741.